The molecule has 154 valence electrons. The van der Waals surface area contributed by atoms with Crippen molar-refractivity contribution in [3.63, 3.8) is 0 Å². The highest BCUT2D eigenvalue weighted by atomic mass is 32.2. The van der Waals surface area contributed by atoms with Gasteiger partial charge in [-0.2, -0.15) is 0 Å². The molecule has 29 heavy (non-hydrogen) atoms. The van der Waals surface area contributed by atoms with Gasteiger partial charge in [-0.15, -0.1) is 23.5 Å². The highest BCUT2D eigenvalue weighted by Gasteiger charge is 2.38. The van der Waals surface area contributed by atoms with Gasteiger partial charge in [-0.25, -0.2) is 4.79 Å². The summed E-state index contributed by atoms with van der Waals surface area (Å²) >= 11 is 4.24. The molecule has 0 N–H and O–H groups in total. The van der Waals surface area contributed by atoms with Crippen molar-refractivity contribution in [1.82, 2.24) is 4.90 Å². The van der Waals surface area contributed by atoms with Crippen LogP contribution in [0.4, 0.5) is 4.79 Å². The summed E-state index contributed by atoms with van der Waals surface area (Å²) in [4.78, 5) is 14.3. The van der Waals surface area contributed by atoms with Crippen molar-refractivity contribution in [2.75, 3.05) is 24.6 Å². The second kappa shape index (κ2) is 9.94. The lowest BCUT2D eigenvalue weighted by molar-refractivity contribution is 0.0813. The van der Waals surface area contributed by atoms with E-state index in [1.54, 1.807) is 0 Å². The molecule has 2 aromatic rings. The standard InChI is InChI=1S/C24H29NO2S2/c26-23(27-19-21-7-3-1-4-8-21)25-15-12-20(13-16-25)11-14-24(28-17-18-29-24)22-9-5-2-6-10-22/h1-10,20H,11-19H2. The van der Waals surface area contributed by atoms with Crippen LogP contribution in [0.1, 0.15) is 36.8 Å². The number of carbonyl (C=O) groups excluding carboxylic acids is 1. The Morgan fingerprint density at radius 3 is 2.24 bits per heavy atom. The van der Waals surface area contributed by atoms with Gasteiger partial charge in [0.1, 0.15) is 6.61 Å². The van der Waals surface area contributed by atoms with Gasteiger partial charge in [-0.3, -0.25) is 0 Å². The number of thioether (sulfide) groups is 2. The van der Waals surface area contributed by atoms with E-state index in [1.165, 1.54) is 29.9 Å². The molecular formula is C24H29NO2S2. The van der Waals surface area contributed by atoms with Crippen LogP contribution in [0.2, 0.25) is 0 Å². The van der Waals surface area contributed by atoms with Gasteiger partial charge in [0.2, 0.25) is 0 Å². The lowest BCUT2D eigenvalue weighted by Gasteiger charge is -2.34. The van der Waals surface area contributed by atoms with E-state index in [0.717, 1.165) is 31.5 Å². The molecule has 2 aliphatic rings. The third kappa shape index (κ3) is 5.32. The zero-order valence-electron chi connectivity index (χ0n) is 16.8. The number of rotatable bonds is 6. The summed E-state index contributed by atoms with van der Waals surface area (Å²) in [5.41, 5.74) is 2.50. The van der Waals surface area contributed by atoms with E-state index in [9.17, 15) is 4.79 Å². The number of ether oxygens (including phenoxy) is 1. The van der Waals surface area contributed by atoms with Crippen LogP contribution in [0.25, 0.3) is 0 Å². The van der Waals surface area contributed by atoms with Crippen molar-refractivity contribution in [3.05, 3.63) is 71.8 Å². The average Bonchev–Trinajstić information content (AvgIpc) is 3.28. The number of hydrogen-bond donors (Lipinski definition) is 0. The molecule has 0 unspecified atom stereocenters. The average molecular weight is 428 g/mol. The van der Waals surface area contributed by atoms with Gasteiger partial charge in [0.25, 0.3) is 0 Å². The first-order valence-electron chi connectivity index (χ1n) is 10.5. The summed E-state index contributed by atoms with van der Waals surface area (Å²) in [7, 11) is 0. The van der Waals surface area contributed by atoms with Crippen molar-refractivity contribution >= 4 is 29.6 Å². The third-order valence-electron chi connectivity index (χ3n) is 5.93. The molecule has 0 atom stereocenters. The molecule has 2 aliphatic heterocycles. The predicted molar refractivity (Wildman–Crippen MR) is 123 cm³/mol. The van der Waals surface area contributed by atoms with Crippen LogP contribution in [0.15, 0.2) is 60.7 Å². The summed E-state index contributed by atoms with van der Waals surface area (Å²) in [6.45, 7) is 1.99. The summed E-state index contributed by atoms with van der Waals surface area (Å²) in [6, 6.07) is 20.9. The maximum Gasteiger partial charge on any atom is 0.410 e. The van der Waals surface area contributed by atoms with Gasteiger partial charge in [0.05, 0.1) is 4.08 Å². The van der Waals surface area contributed by atoms with Gasteiger partial charge in [-0.05, 0) is 42.7 Å². The first kappa shape index (κ1) is 20.7. The smallest absolute Gasteiger partial charge is 0.410 e. The van der Waals surface area contributed by atoms with Crippen molar-refractivity contribution in [1.29, 1.82) is 0 Å². The number of benzene rings is 2. The topological polar surface area (TPSA) is 29.5 Å². The van der Waals surface area contributed by atoms with Gasteiger partial charge < -0.3 is 9.64 Å². The minimum atomic E-state index is -0.171. The van der Waals surface area contributed by atoms with Gasteiger partial charge in [-0.1, -0.05) is 60.7 Å². The molecule has 4 rings (SSSR count). The van der Waals surface area contributed by atoms with Gasteiger partial charge in [0.15, 0.2) is 0 Å². The Morgan fingerprint density at radius 1 is 0.966 bits per heavy atom. The number of hydrogen-bond acceptors (Lipinski definition) is 4. The van der Waals surface area contributed by atoms with Crippen LogP contribution in [0, 0.1) is 5.92 Å². The van der Waals surface area contributed by atoms with Crippen molar-refractivity contribution in [2.45, 2.75) is 36.4 Å². The molecule has 0 saturated carbocycles. The highest BCUT2D eigenvalue weighted by Crippen LogP contribution is 2.55. The Morgan fingerprint density at radius 2 is 1.59 bits per heavy atom. The summed E-state index contributed by atoms with van der Waals surface area (Å²) in [5.74, 6) is 3.19. The van der Waals surface area contributed by atoms with E-state index < -0.39 is 0 Å². The zero-order valence-corrected chi connectivity index (χ0v) is 18.4. The molecule has 0 aliphatic carbocycles. The molecule has 0 aromatic heterocycles. The lowest BCUT2D eigenvalue weighted by Crippen LogP contribution is -2.39. The molecule has 2 fully saturated rings. The fourth-order valence-electron chi connectivity index (χ4n) is 4.21. The fraction of sp³-hybridized carbons (Fsp3) is 0.458. The maximum absolute atomic E-state index is 12.4. The Kier molecular flexibility index (Phi) is 7.09. The second-order valence-corrected chi connectivity index (χ2v) is 10.9. The number of amides is 1. The molecule has 5 heteroatoms. The lowest BCUT2D eigenvalue weighted by atomic mass is 9.90. The molecule has 2 saturated heterocycles. The second-order valence-electron chi connectivity index (χ2n) is 7.83. The fourth-order valence-corrected chi connectivity index (χ4v) is 7.50. The molecule has 2 aromatic carbocycles. The molecule has 2 heterocycles. The van der Waals surface area contributed by atoms with Gasteiger partial charge >= 0.3 is 6.09 Å². The first-order valence-corrected chi connectivity index (χ1v) is 12.5. The molecule has 0 bridgehead atoms. The van der Waals surface area contributed by atoms with E-state index >= 15 is 0 Å². The first-order chi connectivity index (χ1) is 14.3. The zero-order chi connectivity index (χ0) is 19.9. The molecule has 0 radical (unpaired) electrons. The number of carbonyl (C=O) groups is 1. The van der Waals surface area contributed by atoms with Crippen LogP contribution in [-0.2, 0) is 15.4 Å². The van der Waals surface area contributed by atoms with Crippen molar-refractivity contribution in [3.8, 4) is 0 Å². The Hall–Kier alpha value is -1.59. The van der Waals surface area contributed by atoms with Crippen molar-refractivity contribution in [2.24, 2.45) is 5.92 Å². The summed E-state index contributed by atoms with van der Waals surface area (Å²) in [6.07, 6.45) is 4.45. The minimum Gasteiger partial charge on any atom is -0.445 e. The van der Waals surface area contributed by atoms with Crippen LogP contribution in [0.5, 0.6) is 0 Å². The van der Waals surface area contributed by atoms with E-state index in [2.05, 4.69) is 53.9 Å². The summed E-state index contributed by atoms with van der Waals surface area (Å²) in [5, 5.41) is 0. The van der Waals surface area contributed by atoms with E-state index in [4.69, 9.17) is 4.74 Å². The van der Waals surface area contributed by atoms with Crippen LogP contribution in [-0.4, -0.2) is 35.6 Å². The monoisotopic (exact) mass is 427 g/mol. The molecular weight excluding hydrogens is 398 g/mol. The number of likely N-dealkylation sites (tertiary alicyclic amines) is 1. The Balaban J connectivity index is 1.24. The number of nitrogens with zero attached hydrogens (tertiary/aromatic N) is 1. The van der Waals surface area contributed by atoms with Gasteiger partial charge in [0, 0.05) is 24.6 Å². The SMILES string of the molecule is O=C(OCc1ccccc1)N1CCC(CCC2(c3ccccc3)SCCS2)CC1. The largest absolute Gasteiger partial charge is 0.445 e. The van der Waals surface area contributed by atoms with Crippen LogP contribution >= 0.6 is 23.5 Å². The van der Waals surface area contributed by atoms with Crippen LogP contribution in [0.3, 0.4) is 0 Å². The van der Waals surface area contributed by atoms with Crippen molar-refractivity contribution < 1.29 is 9.53 Å². The Labute approximate surface area is 182 Å². The quantitative estimate of drug-likeness (QED) is 0.553. The van der Waals surface area contributed by atoms with E-state index in [1.807, 2.05) is 35.2 Å². The summed E-state index contributed by atoms with van der Waals surface area (Å²) < 4.78 is 5.73. The predicted octanol–water partition coefficient (Wildman–Crippen LogP) is 6.15. The molecule has 3 nitrogen and oxygen atoms in total. The number of piperidine rings is 1. The van der Waals surface area contributed by atoms with E-state index in [-0.39, 0.29) is 10.2 Å². The van der Waals surface area contributed by atoms with Crippen LogP contribution < -0.4 is 0 Å². The molecule has 1 amide bonds. The normalized spacial score (nSPS) is 19.2. The minimum absolute atomic E-state index is 0.171. The maximum atomic E-state index is 12.4. The molecule has 0 spiro atoms. The third-order valence-corrected chi connectivity index (χ3v) is 9.52. The Bertz CT molecular complexity index is 770. The van der Waals surface area contributed by atoms with E-state index in [0.29, 0.717) is 12.5 Å². The highest BCUT2D eigenvalue weighted by molar-refractivity contribution is 8.20.